The smallest absolute Gasteiger partial charge is 0.416 e. The first-order valence-corrected chi connectivity index (χ1v) is 10.3. The second kappa shape index (κ2) is 10.4. The van der Waals surface area contributed by atoms with Crippen LogP contribution in [0.4, 0.5) is 24.5 Å². The van der Waals surface area contributed by atoms with Crippen molar-refractivity contribution in [3.05, 3.63) is 58.1 Å². The average Bonchev–Trinajstić information content (AvgIpc) is 2.81. The van der Waals surface area contributed by atoms with Crippen LogP contribution in [-0.4, -0.2) is 44.2 Å². The number of hydrogen-bond donors (Lipinski definition) is 1. The number of alkyl halides is 3. The Labute approximate surface area is 188 Å². The first-order chi connectivity index (χ1) is 15.7. The third-order valence-electron chi connectivity index (χ3n) is 5.44. The molecule has 0 aliphatic carbocycles. The van der Waals surface area contributed by atoms with Gasteiger partial charge < -0.3 is 19.7 Å². The number of halogens is 3. The van der Waals surface area contributed by atoms with E-state index in [1.165, 1.54) is 0 Å². The van der Waals surface area contributed by atoms with E-state index in [9.17, 15) is 28.1 Å². The number of rotatable bonds is 8. The third kappa shape index (κ3) is 6.27. The Balaban J connectivity index is 1.49. The van der Waals surface area contributed by atoms with Crippen LogP contribution >= 0.6 is 0 Å². The van der Waals surface area contributed by atoms with Crippen LogP contribution in [0.1, 0.15) is 18.4 Å². The van der Waals surface area contributed by atoms with Gasteiger partial charge >= 0.3 is 6.18 Å². The highest BCUT2D eigenvalue weighted by Crippen LogP contribution is 2.37. The first-order valence-electron chi connectivity index (χ1n) is 10.3. The third-order valence-corrected chi connectivity index (χ3v) is 5.44. The topological polar surface area (TPSA) is 93.9 Å². The summed E-state index contributed by atoms with van der Waals surface area (Å²) in [6.45, 7) is 1.25. The van der Waals surface area contributed by atoms with Crippen LogP contribution in [0.5, 0.6) is 11.5 Å². The number of nitrogens with zero attached hydrogens (tertiary/aromatic N) is 2. The highest BCUT2D eigenvalue weighted by atomic mass is 19.4. The molecule has 0 bridgehead atoms. The van der Waals surface area contributed by atoms with E-state index in [2.05, 4.69) is 5.32 Å². The molecule has 0 spiro atoms. The summed E-state index contributed by atoms with van der Waals surface area (Å²) in [5, 5.41) is 14.1. The summed E-state index contributed by atoms with van der Waals surface area (Å²) in [5.41, 5.74) is -1.53. The molecule has 0 atom stereocenters. The standard InChI is InChI=1S/C22H24F3N3O5/c1-32-17-3-5-18(6-4-17)33-13-10-26-21(29)15-8-11-27(12-9-15)19-7-2-16(22(23,24)25)14-20(19)28(30)31/h2-7,14-15H,8-13H2,1H3,(H,26,29). The molecule has 1 N–H and O–H groups in total. The number of carbonyl (C=O) groups is 1. The van der Waals surface area contributed by atoms with Crippen molar-refractivity contribution < 1.29 is 32.4 Å². The minimum atomic E-state index is -4.66. The molecule has 1 aliphatic heterocycles. The molecule has 11 heteroatoms. The van der Waals surface area contributed by atoms with Crippen molar-refractivity contribution in [1.29, 1.82) is 0 Å². The fourth-order valence-corrected chi connectivity index (χ4v) is 3.66. The molecule has 0 radical (unpaired) electrons. The van der Waals surface area contributed by atoms with E-state index in [4.69, 9.17) is 9.47 Å². The molecule has 2 aromatic carbocycles. The van der Waals surface area contributed by atoms with Crippen LogP contribution in [0.3, 0.4) is 0 Å². The maximum Gasteiger partial charge on any atom is 0.416 e. The van der Waals surface area contributed by atoms with Gasteiger partial charge in [-0.2, -0.15) is 13.2 Å². The molecular formula is C22H24F3N3O5. The summed E-state index contributed by atoms with van der Waals surface area (Å²) in [6, 6.07) is 9.57. The maximum absolute atomic E-state index is 12.9. The average molecular weight is 467 g/mol. The molecule has 1 aliphatic rings. The zero-order valence-electron chi connectivity index (χ0n) is 17.9. The summed E-state index contributed by atoms with van der Waals surface area (Å²) in [5.74, 6) is 0.936. The SMILES string of the molecule is COc1ccc(OCCNC(=O)C2CCN(c3ccc(C(F)(F)F)cc3[N+](=O)[O-])CC2)cc1. The number of ether oxygens (including phenoxy) is 2. The summed E-state index contributed by atoms with van der Waals surface area (Å²) < 4.78 is 49.4. The number of piperidine rings is 1. The number of methoxy groups -OCH3 is 1. The number of nitro groups is 1. The van der Waals surface area contributed by atoms with E-state index in [1.807, 2.05) is 0 Å². The normalized spacial score (nSPS) is 14.6. The van der Waals surface area contributed by atoms with E-state index in [0.29, 0.717) is 50.0 Å². The molecule has 0 aromatic heterocycles. The highest BCUT2D eigenvalue weighted by molar-refractivity contribution is 5.79. The molecular weight excluding hydrogens is 443 g/mol. The van der Waals surface area contributed by atoms with Crippen LogP contribution in [0.2, 0.25) is 0 Å². The Morgan fingerprint density at radius 1 is 1.15 bits per heavy atom. The van der Waals surface area contributed by atoms with Crippen molar-refractivity contribution in [2.45, 2.75) is 19.0 Å². The van der Waals surface area contributed by atoms with Crippen molar-refractivity contribution in [3.63, 3.8) is 0 Å². The predicted octanol–water partition coefficient (Wildman–Crippen LogP) is 4.03. The molecule has 1 amide bonds. The Morgan fingerprint density at radius 3 is 2.36 bits per heavy atom. The van der Waals surface area contributed by atoms with Gasteiger partial charge in [0.05, 0.1) is 24.1 Å². The monoisotopic (exact) mass is 467 g/mol. The Kier molecular flexibility index (Phi) is 7.62. The Morgan fingerprint density at radius 2 is 1.79 bits per heavy atom. The number of nitrogens with one attached hydrogen (secondary N) is 1. The van der Waals surface area contributed by atoms with Gasteiger partial charge in [-0.15, -0.1) is 0 Å². The molecule has 178 valence electrons. The van der Waals surface area contributed by atoms with Gasteiger partial charge in [-0.3, -0.25) is 14.9 Å². The van der Waals surface area contributed by atoms with Crippen LogP contribution < -0.4 is 19.7 Å². The van der Waals surface area contributed by atoms with Crippen molar-refractivity contribution in [2.24, 2.45) is 5.92 Å². The fraction of sp³-hybridized carbons (Fsp3) is 0.409. The van der Waals surface area contributed by atoms with E-state index >= 15 is 0 Å². The summed E-state index contributed by atoms with van der Waals surface area (Å²) in [6.07, 6.45) is -3.79. The van der Waals surface area contributed by atoms with Crippen molar-refractivity contribution in [1.82, 2.24) is 5.32 Å². The van der Waals surface area contributed by atoms with Crippen LogP contribution in [0.25, 0.3) is 0 Å². The number of benzene rings is 2. The lowest BCUT2D eigenvalue weighted by molar-refractivity contribution is -0.384. The molecule has 1 heterocycles. The summed E-state index contributed by atoms with van der Waals surface area (Å²) in [7, 11) is 1.57. The number of carbonyl (C=O) groups excluding carboxylic acids is 1. The largest absolute Gasteiger partial charge is 0.497 e. The predicted molar refractivity (Wildman–Crippen MR) is 115 cm³/mol. The van der Waals surface area contributed by atoms with Gasteiger partial charge in [0.2, 0.25) is 5.91 Å². The quantitative estimate of drug-likeness (QED) is 0.358. The van der Waals surface area contributed by atoms with Crippen LogP contribution in [0.15, 0.2) is 42.5 Å². The van der Waals surface area contributed by atoms with E-state index < -0.39 is 22.4 Å². The van der Waals surface area contributed by atoms with Gasteiger partial charge in [0.15, 0.2) is 0 Å². The maximum atomic E-state index is 12.9. The lowest BCUT2D eigenvalue weighted by atomic mass is 9.95. The second-order valence-corrected chi connectivity index (χ2v) is 7.53. The van der Waals surface area contributed by atoms with Gasteiger partial charge in [0.1, 0.15) is 23.8 Å². The highest BCUT2D eigenvalue weighted by Gasteiger charge is 2.34. The minimum absolute atomic E-state index is 0.125. The van der Waals surface area contributed by atoms with Crippen LogP contribution in [-0.2, 0) is 11.0 Å². The van der Waals surface area contributed by atoms with Crippen LogP contribution in [0, 0.1) is 16.0 Å². The van der Waals surface area contributed by atoms with E-state index in [1.54, 1.807) is 36.3 Å². The summed E-state index contributed by atoms with van der Waals surface area (Å²) in [4.78, 5) is 24.6. The van der Waals surface area contributed by atoms with Gasteiger partial charge in [-0.1, -0.05) is 0 Å². The van der Waals surface area contributed by atoms with E-state index in [0.717, 1.165) is 12.1 Å². The van der Waals surface area contributed by atoms with Gasteiger partial charge in [-0.05, 0) is 49.2 Å². The zero-order valence-corrected chi connectivity index (χ0v) is 17.9. The number of anilines is 1. The molecule has 0 unspecified atom stereocenters. The molecule has 1 fully saturated rings. The second-order valence-electron chi connectivity index (χ2n) is 7.53. The Hall–Kier alpha value is -3.50. The molecule has 8 nitrogen and oxygen atoms in total. The molecule has 1 saturated heterocycles. The lowest BCUT2D eigenvalue weighted by Gasteiger charge is -2.32. The van der Waals surface area contributed by atoms with Gasteiger partial charge in [0, 0.05) is 25.1 Å². The molecule has 3 rings (SSSR count). The molecule has 0 saturated carbocycles. The minimum Gasteiger partial charge on any atom is -0.497 e. The fourth-order valence-electron chi connectivity index (χ4n) is 3.66. The number of nitro benzene ring substituents is 1. The van der Waals surface area contributed by atoms with Crippen molar-refractivity contribution in [2.75, 3.05) is 38.3 Å². The molecule has 33 heavy (non-hydrogen) atoms. The Bertz CT molecular complexity index is 974. The van der Waals surface area contributed by atoms with E-state index in [-0.39, 0.29) is 24.1 Å². The molecule has 2 aromatic rings. The number of amides is 1. The zero-order chi connectivity index (χ0) is 24.0. The van der Waals surface area contributed by atoms with Crippen molar-refractivity contribution >= 4 is 17.3 Å². The lowest BCUT2D eigenvalue weighted by Crippen LogP contribution is -2.41. The van der Waals surface area contributed by atoms with Gasteiger partial charge in [0.25, 0.3) is 5.69 Å². The van der Waals surface area contributed by atoms with Crippen molar-refractivity contribution in [3.8, 4) is 11.5 Å². The summed E-state index contributed by atoms with van der Waals surface area (Å²) >= 11 is 0. The number of hydrogen-bond acceptors (Lipinski definition) is 6. The first kappa shape index (κ1) is 24.1. The van der Waals surface area contributed by atoms with Gasteiger partial charge in [-0.25, -0.2) is 0 Å².